The summed E-state index contributed by atoms with van der Waals surface area (Å²) in [4.78, 5) is 13.0. The van der Waals surface area contributed by atoms with Crippen molar-refractivity contribution in [3.05, 3.63) is 53.6 Å². The molecule has 1 saturated heterocycles. The second-order valence-corrected chi connectivity index (χ2v) is 9.42. The minimum atomic E-state index is -3.77. The van der Waals surface area contributed by atoms with Crippen molar-refractivity contribution in [3.8, 4) is 5.75 Å². The first-order chi connectivity index (χ1) is 12.8. The first-order valence-electron chi connectivity index (χ1n) is 8.84. The number of carbonyl (C=O) groups excluding carboxylic acids is 1. The van der Waals surface area contributed by atoms with Crippen LogP contribution in [-0.2, 0) is 14.8 Å². The summed E-state index contributed by atoms with van der Waals surface area (Å²) in [7, 11) is -2.19. The number of amides is 1. The minimum Gasteiger partial charge on any atom is -0.497 e. The lowest BCUT2D eigenvalue weighted by Gasteiger charge is -2.23. The molecule has 1 saturated carbocycles. The van der Waals surface area contributed by atoms with E-state index in [1.165, 1.54) is 4.31 Å². The number of sulfonamides is 1. The number of anilines is 2. The third-order valence-corrected chi connectivity index (χ3v) is 8.12. The zero-order valence-corrected chi connectivity index (χ0v) is 16.3. The molecule has 0 unspecified atom stereocenters. The van der Waals surface area contributed by atoms with Crippen LogP contribution in [0.4, 0.5) is 11.4 Å². The van der Waals surface area contributed by atoms with Gasteiger partial charge in [0.2, 0.25) is 15.9 Å². The Morgan fingerprint density at radius 2 is 1.89 bits per heavy atom. The summed E-state index contributed by atoms with van der Waals surface area (Å²) in [6.07, 6.45) is 0.374. The van der Waals surface area contributed by atoms with Gasteiger partial charge in [-0.2, -0.15) is 0 Å². The van der Waals surface area contributed by atoms with E-state index in [-0.39, 0.29) is 5.92 Å². The van der Waals surface area contributed by atoms with E-state index in [1.54, 1.807) is 37.4 Å². The van der Waals surface area contributed by atoms with E-state index < -0.39 is 20.7 Å². The number of hydrogen-bond acceptors (Lipinski definition) is 4. The van der Waals surface area contributed by atoms with Gasteiger partial charge in [0.1, 0.15) is 5.75 Å². The van der Waals surface area contributed by atoms with Crippen molar-refractivity contribution in [3.63, 3.8) is 0 Å². The Morgan fingerprint density at radius 3 is 2.52 bits per heavy atom. The van der Waals surface area contributed by atoms with Crippen LogP contribution in [0.1, 0.15) is 17.5 Å². The van der Waals surface area contributed by atoms with Crippen LogP contribution < -0.4 is 14.4 Å². The second kappa shape index (κ2) is 5.99. The largest absolute Gasteiger partial charge is 0.497 e. The van der Waals surface area contributed by atoms with Crippen LogP contribution in [0.5, 0.6) is 5.75 Å². The Bertz CT molecular complexity index is 1020. The van der Waals surface area contributed by atoms with Crippen LogP contribution in [-0.4, -0.2) is 32.7 Å². The fourth-order valence-electron chi connectivity index (χ4n) is 3.81. The fourth-order valence-corrected chi connectivity index (χ4v) is 6.17. The molecule has 142 valence electrons. The highest BCUT2D eigenvalue weighted by Gasteiger charge is 2.75. The van der Waals surface area contributed by atoms with Crippen LogP contribution in [0.3, 0.4) is 0 Å². The molecule has 0 aromatic heterocycles. The van der Waals surface area contributed by atoms with Gasteiger partial charge in [-0.3, -0.25) is 9.10 Å². The molecule has 1 heterocycles. The van der Waals surface area contributed by atoms with Crippen molar-refractivity contribution in [1.82, 2.24) is 0 Å². The lowest BCUT2D eigenvalue weighted by Crippen LogP contribution is -2.42. The summed E-state index contributed by atoms with van der Waals surface area (Å²) in [5.74, 6) is 0.0599. The Balaban J connectivity index is 1.61. The van der Waals surface area contributed by atoms with E-state index >= 15 is 0 Å². The number of benzene rings is 2. The van der Waals surface area contributed by atoms with E-state index in [2.05, 4.69) is 5.32 Å². The Kier molecular flexibility index (Phi) is 3.96. The van der Waals surface area contributed by atoms with E-state index in [9.17, 15) is 13.2 Å². The number of ether oxygens (including phenoxy) is 1. The highest BCUT2D eigenvalue weighted by Crippen LogP contribution is 2.58. The average molecular weight is 386 g/mol. The molecule has 1 N–H and O–H groups in total. The smallest absolute Gasteiger partial charge is 0.250 e. The summed E-state index contributed by atoms with van der Waals surface area (Å²) < 4.78 is 31.6. The van der Waals surface area contributed by atoms with Gasteiger partial charge in [-0.1, -0.05) is 17.7 Å². The summed E-state index contributed by atoms with van der Waals surface area (Å²) >= 11 is 0. The molecule has 0 radical (unpaired) electrons. The van der Waals surface area contributed by atoms with Crippen LogP contribution in [0.25, 0.3) is 0 Å². The van der Waals surface area contributed by atoms with Crippen LogP contribution >= 0.6 is 0 Å². The van der Waals surface area contributed by atoms with Gasteiger partial charge in [0.15, 0.2) is 4.75 Å². The van der Waals surface area contributed by atoms with Crippen molar-refractivity contribution in [2.75, 3.05) is 23.3 Å². The number of aryl methyl sites for hydroxylation is 2. The van der Waals surface area contributed by atoms with Crippen molar-refractivity contribution >= 4 is 27.3 Å². The van der Waals surface area contributed by atoms with Crippen molar-refractivity contribution in [1.29, 1.82) is 0 Å². The fraction of sp³-hybridized carbons (Fsp3) is 0.350. The number of nitrogens with one attached hydrogen (secondary N) is 1. The van der Waals surface area contributed by atoms with Gasteiger partial charge >= 0.3 is 0 Å². The highest BCUT2D eigenvalue weighted by atomic mass is 32.2. The topological polar surface area (TPSA) is 75.7 Å². The second-order valence-electron chi connectivity index (χ2n) is 7.30. The first kappa shape index (κ1) is 17.9. The standard InChI is InChI=1S/C20H22N2O4S/c1-13-4-6-16(7-5-13)22-12-15-11-20(15,27(22,24)25)19(23)21-18-9-8-17(26-3)10-14(18)2/h4-10,15H,11-12H2,1-3H3,(H,21,23)/t15-,20-/m1/s1. The van der Waals surface area contributed by atoms with Gasteiger partial charge in [0, 0.05) is 18.2 Å². The van der Waals surface area contributed by atoms with Crippen LogP contribution in [0.15, 0.2) is 42.5 Å². The predicted octanol–water partition coefficient (Wildman–Crippen LogP) is 2.86. The van der Waals surface area contributed by atoms with E-state index in [0.29, 0.717) is 30.1 Å². The molecule has 1 amide bonds. The molecular formula is C20H22N2O4S. The zero-order chi connectivity index (χ0) is 19.4. The van der Waals surface area contributed by atoms with Crippen LogP contribution in [0, 0.1) is 19.8 Å². The summed E-state index contributed by atoms with van der Waals surface area (Å²) in [5, 5.41) is 2.82. The Morgan fingerprint density at radius 1 is 1.19 bits per heavy atom. The molecule has 2 aromatic carbocycles. The number of methoxy groups -OCH3 is 1. The molecule has 0 bridgehead atoms. The maximum atomic E-state index is 13.2. The molecule has 2 aromatic rings. The summed E-state index contributed by atoms with van der Waals surface area (Å²) in [5.41, 5.74) is 3.09. The number of carbonyl (C=O) groups is 1. The minimum absolute atomic E-state index is 0.178. The van der Waals surface area contributed by atoms with Gasteiger partial charge < -0.3 is 10.1 Å². The van der Waals surface area contributed by atoms with Gasteiger partial charge in [-0.05, 0) is 56.2 Å². The van der Waals surface area contributed by atoms with Gasteiger partial charge in [0.25, 0.3) is 0 Å². The molecule has 2 fully saturated rings. The quantitative estimate of drug-likeness (QED) is 0.877. The van der Waals surface area contributed by atoms with Crippen LogP contribution in [0.2, 0.25) is 0 Å². The molecule has 6 nitrogen and oxygen atoms in total. The zero-order valence-electron chi connectivity index (χ0n) is 15.5. The lowest BCUT2D eigenvalue weighted by molar-refractivity contribution is -0.116. The third-order valence-electron chi connectivity index (χ3n) is 5.57. The number of nitrogens with zero attached hydrogens (tertiary/aromatic N) is 1. The molecule has 4 rings (SSSR count). The normalized spacial score (nSPS) is 25.0. The van der Waals surface area contributed by atoms with E-state index in [0.717, 1.165) is 11.1 Å². The molecule has 2 aliphatic rings. The number of fused-ring (bicyclic) bond motifs is 1. The SMILES string of the molecule is COc1ccc(NC(=O)[C@@]23C[C@@H]2CN(c2ccc(C)cc2)S3(=O)=O)c(C)c1. The van der Waals surface area contributed by atoms with Gasteiger partial charge in [-0.25, -0.2) is 8.42 Å². The monoisotopic (exact) mass is 386 g/mol. The molecule has 27 heavy (non-hydrogen) atoms. The Hall–Kier alpha value is -2.54. The molecule has 1 aliphatic carbocycles. The van der Waals surface area contributed by atoms with Crippen molar-refractivity contribution in [2.24, 2.45) is 5.92 Å². The first-order valence-corrected chi connectivity index (χ1v) is 10.3. The van der Waals surface area contributed by atoms with Crippen molar-refractivity contribution < 1.29 is 17.9 Å². The number of hydrogen-bond donors (Lipinski definition) is 1. The third kappa shape index (κ3) is 2.60. The van der Waals surface area contributed by atoms with E-state index in [1.807, 2.05) is 26.0 Å². The molecule has 2 atom stereocenters. The number of rotatable bonds is 4. The van der Waals surface area contributed by atoms with Crippen molar-refractivity contribution in [2.45, 2.75) is 25.0 Å². The predicted molar refractivity (Wildman–Crippen MR) is 105 cm³/mol. The maximum Gasteiger partial charge on any atom is 0.250 e. The molecule has 7 heteroatoms. The molecule has 0 spiro atoms. The maximum absolute atomic E-state index is 13.2. The Labute approximate surface area is 159 Å². The van der Waals surface area contributed by atoms with Gasteiger partial charge in [-0.15, -0.1) is 0 Å². The van der Waals surface area contributed by atoms with Gasteiger partial charge in [0.05, 0.1) is 12.8 Å². The molecular weight excluding hydrogens is 364 g/mol. The molecule has 1 aliphatic heterocycles. The highest BCUT2D eigenvalue weighted by molar-refractivity contribution is 7.95. The lowest BCUT2D eigenvalue weighted by atomic mass is 10.1. The summed E-state index contributed by atoms with van der Waals surface area (Å²) in [6.45, 7) is 4.15. The summed E-state index contributed by atoms with van der Waals surface area (Å²) in [6, 6.07) is 12.6. The average Bonchev–Trinajstić information content (AvgIpc) is 3.33. The van der Waals surface area contributed by atoms with E-state index in [4.69, 9.17) is 4.74 Å².